The fourth-order valence-electron chi connectivity index (χ4n) is 1.73. The predicted octanol–water partition coefficient (Wildman–Crippen LogP) is 0.425. The second kappa shape index (κ2) is 22.2. The molecular formula is C19H37NO8. The predicted molar refractivity (Wildman–Crippen MR) is 105 cm³/mol. The van der Waals surface area contributed by atoms with Gasteiger partial charge in [-0.15, -0.1) is 0 Å². The first kappa shape index (κ1) is 26.9. The minimum atomic E-state index is -0.156. The van der Waals surface area contributed by atoms with Crippen molar-refractivity contribution in [2.24, 2.45) is 0 Å². The van der Waals surface area contributed by atoms with Crippen molar-refractivity contribution in [3.05, 3.63) is 12.2 Å². The summed E-state index contributed by atoms with van der Waals surface area (Å²) in [6.45, 7) is 12.5. The molecule has 0 aliphatic carbocycles. The van der Waals surface area contributed by atoms with Crippen molar-refractivity contribution < 1.29 is 38.0 Å². The lowest BCUT2D eigenvalue weighted by atomic mass is 10.3. The number of rotatable bonds is 22. The van der Waals surface area contributed by atoms with Gasteiger partial charge in [0.25, 0.3) is 0 Å². The minimum absolute atomic E-state index is 0.156. The van der Waals surface area contributed by atoms with Crippen molar-refractivity contribution in [3.63, 3.8) is 0 Å². The maximum atomic E-state index is 11.2. The Morgan fingerprint density at radius 1 is 0.643 bits per heavy atom. The molecule has 166 valence electrons. The molecule has 9 nitrogen and oxygen atoms in total. The Bertz CT molecular complexity index is 368. The van der Waals surface area contributed by atoms with E-state index in [4.69, 9.17) is 33.2 Å². The lowest BCUT2D eigenvalue weighted by molar-refractivity contribution is -0.117. The molecule has 0 bridgehead atoms. The van der Waals surface area contributed by atoms with E-state index in [1.807, 2.05) is 0 Å². The first-order chi connectivity index (χ1) is 13.7. The number of carbonyl (C=O) groups excluding carboxylic acids is 1. The van der Waals surface area contributed by atoms with Gasteiger partial charge in [-0.3, -0.25) is 4.79 Å². The first-order valence-corrected chi connectivity index (χ1v) is 9.57. The van der Waals surface area contributed by atoms with Gasteiger partial charge in [0.15, 0.2) is 0 Å². The Morgan fingerprint density at radius 3 is 1.29 bits per heavy atom. The second-order valence-corrected chi connectivity index (χ2v) is 5.70. The Kier molecular flexibility index (Phi) is 21.4. The number of hydrogen-bond donors (Lipinski definition) is 1. The molecule has 0 atom stereocenters. The van der Waals surface area contributed by atoms with Crippen LogP contribution in [0.15, 0.2) is 12.2 Å². The molecule has 0 aliphatic heterocycles. The zero-order valence-corrected chi connectivity index (χ0v) is 17.4. The van der Waals surface area contributed by atoms with E-state index in [2.05, 4.69) is 11.9 Å². The summed E-state index contributed by atoms with van der Waals surface area (Å²) in [6.07, 6.45) is 0. The Balaban J connectivity index is 3.05. The molecule has 0 rings (SSSR count). The third kappa shape index (κ3) is 21.2. The minimum Gasteiger partial charge on any atom is -0.382 e. The molecule has 0 spiro atoms. The fraction of sp³-hybridized carbons (Fsp3) is 0.842. The highest BCUT2D eigenvalue weighted by molar-refractivity contribution is 5.91. The third-order valence-corrected chi connectivity index (χ3v) is 3.21. The molecule has 0 aromatic rings. The molecule has 0 fully saturated rings. The van der Waals surface area contributed by atoms with Gasteiger partial charge < -0.3 is 38.5 Å². The molecule has 1 amide bonds. The van der Waals surface area contributed by atoms with Gasteiger partial charge in [-0.2, -0.15) is 0 Å². The second-order valence-electron chi connectivity index (χ2n) is 5.70. The maximum Gasteiger partial charge on any atom is 0.246 e. The maximum absolute atomic E-state index is 11.2. The van der Waals surface area contributed by atoms with Gasteiger partial charge in [-0.1, -0.05) is 6.58 Å². The van der Waals surface area contributed by atoms with E-state index < -0.39 is 0 Å². The van der Waals surface area contributed by atoms with Crippen molar-refractivity contribution in [2.45, 2.75) is 6.92 Å². The van der Waals surface area contributed by atoms with Crippen molar-refractivity contribution in [1.29, 1.82) is 0 Å². The van der Waals surface area contributed by atoms with Crippen LogP contribution in [0.3, 0.4) is 0 Å². The number of amides is 1. The standard InChI is InChI=1S/C19H37NO8/c1-18(2)19(21)20-4-5-23-8-9-25-12-13-27-16-17-28-15-14-26-11-10-24-7-6-22-3/h1,4-17H2,2-3H3,(H,20,21). The van der Waals surface area contributed by atoms with Crippen LogP contribution in [0.5, 0.6) is 0 Å². The van der Waals surface area contributed by atoms with Gasteiger partial charge in [0.1, 0.15) is 0 Å². The van der Waals surface area contributed by atoms with Crippen molar-refractivity contribution in [2.75, 3.05) is 99.5 Å². The summed E-state index contributed by atoms with van der Waals surface area (Å²) in [7, 11) is 1.64. The first-order valence-electron chi connectivity index (χ1n) is 9.57. The molecule has 0 saturated carbocycles. The van der Waals surface area contributed by atoms with Crippen molar-refractivity contribution >= 4 is 5.91 Å². The third-order valence-electron chi connectivity index (χ3n) is 3.21. The van der Waals surface area contributed by atoms with Crippen LogP contribution < -0.4 is 5.32 Å². The van der Waals surface area contributed by atoms with Crippen molar-refractivity contribution in [1.82, 2.24) is 5.32 Å². The van der Waals surface area contributed by atoms with E-state index >= 15 is 0 Å². The average molecular weight is 408 g/mol. The monoisotopic (exact) mass is 407 g/mol. The van der Waals surface area contributed by atoms with Crippen LogP contribution in [0.4, 0.5) is 0 Å². The van der Waals surface area contributed by atoms with E-state index in [1.165, 1.54) is 0 Å². The van der Waals surface area contributed by atoms with E-state index in [9.17, 15) is 4.79 Å². The van der Waals surface area contributed by atoms with Gasteiger partial charge in [0.2, 0.25) is 5.91 Å². The molecule has 1 N–H and O–H groups in total. The van der Waals surface area contributed by atoms with Crippen LogP contribution in [0, 0.1) is 0 Å². The lowest BCUT2D eigenvalue weighted by Crippen LogP contribution is -2.27. The molecule has 0 aromatic carbocycles. The number of hydrogen-bond acceptors (Lipinski definition) is 8. The van der Waals surface area contributed by atoms with Crippen LogP contribution >= 0.6 is 0 Å². The van der Waals surface area contributed by atoms with Crippen LogP contribution in [-0.2, 0) is 38.0 Å². The Morgan fingerprint density at radius 2 is 0.964 bits per heavy atom. The van der Waals surface area contributed by atoms with Crippen LogP contribution in [0.25, 0.3) is 0 Å². The van der Waals surface area contributed by atoms with Gasteiger partial charge in [0.05, 0.1) is 85.9 Å². The van der Waals surface area contributed by atoms with E-state index in [0.29, 0.717) is 98.0 Å². The van der Waals surface area contributed by atoms with E-state index in [-0.39, 0.29) is 5.91 Å². The van der Waals surface area contributed by atoms with Crippen molar-refractivity contribution in [3.8, 4) is 0 Å². The number of carbonyl (C=O) groups is 1. The summed E-state index contributed by atoms with van der Waals surface area (Å²) in [5, 5.41) is 2.69. The van der Waals surface area contributed by atoms with Gasteiger partial charge in [-0.05, 0) is 6.92 Å². The fourth-order valence-corrected chi connectivity index (χ4v) is 1.73. The summed E-state index contributed by atoms with van der Waals surface area (Å²) in [5.74, 6) is -0.156. The quantitative estimate of drug-likeness (QED) is 0.204. The normalized spacial score (nSPS) is 10.9. The molecule has 0 aliphatic rings. The van der Waals surface area contributed by atoms with E-state index in [1.54, 1.807) is 14.0 Å². The Hall–Kier alpha value is -1.07. The molecule has 9 heteroatoms. The summed E-state index contributed by atoms with van der Waals surface area (Å²) in [4.78, 5) is 11.2. The highest BCUT2D eigenvalue weighted by Crippen LogP contribution is 1.86. The van der Waals surface area contributed by atoms with Crippen LogP contribution in [-0.4, -0.2) is 105 Å². The molecule has 0 heterocycles. The molecule has 0 aromatic heterocycles. The highest BCUT2D eigenvalue weighted by Gasteiger charge is 1.99. The summed E-state index contributed by atoms with van der Waals surface area (Å²) < 4.78 is 37.0. The molecule has 0 radical (unpaired) electrons. The molecule has 28 heavy (non-hydrogen) atoms. The van der Waals surface area contributed by atoms with E-state index in [0.717, 1.165) is 0 Å². The Labute approximate surface area is 168 Å². The summed E-state index contributed by atoms with van der Waals surface area (Å²) in [6, 6.07) is 0. The van der Waals surface area contributed by atoms with Gasteiger partial charge in [-0.25, -0.2) is 0 Å². The zero-order chi connectivity index (χ0) is 20.7. The molecular weight excluding hydrogens is 370 g/mol. The molecule has 0 unspecified atom stereocenters. The largest absolute Gasteiger partial charge is 0.382 e. The lowest BCUT2D eigenvalue weighted by Gasteiger charge is -2.08. The summed E-state index contributed by atoms with van der Waals surface area (Å²) in [5.41, 5.74) is 0.488. The SMILES string of the molecule is C=C(C)C(=O)NCCOCCOCCOCCOCCOCCOCCOC. The average Bonchev–Trinajstić information content (AvgIpc) is 2.68. The number of methoxy groups -OCH3 is 1. The zero-order valence-electron chi connectivity index (χ0n) is 17.4. The number of nitrogens with one attached hydrogen (secondary N) is 1. The summed E-state index contributed by atoms with van der Waals surface area (Å²) >= 11 is 0. The van der Waals surface area contributed by atoms with Crippen LogP contribution in [0.2, 0.25) is 0 Å². The van der Waals surface area contributed by atoms with Gasteiger partial charge in [0, 0.05) is 19.2 Å². The number of ether oxygens (including phenoxy) is 7. The highest BCUT2D eigenvalue weighted by atomic mass is 16.6. The van der Waals surface area contributed by atoms with Gasteiger partial charge >= 0.3 is 0 Å². The van der Waals surface area contributed by atoms with Crippen LogP contribution in [0.1, 0.15) is 6.92 Å². The topological polar surface area (TPSA) is 93.7 Å². The smallest absolute Gasteiger partial charge is 0.246 e. The molecule has 0 saturated heterocycles.